The smallest absolute Gasteiger partial charge is 0.387 e. The van der Waals surface area contributed by atoms with Crippen molar-refractivity contribution in [2.24, 2.45) is 0 Å². The summed E-state index contributed by atoms with van der Waals surface area (Å²) in [4.78, 5) is 28.7. The molecule has 0 fully saturated rings. The van der Waals surface area contributed by atoms with Gasteiger partial charge in [-0.05, 0) is 42.5 Å². The van der Waals surface area contributed by atoms with Crippen LogP contribution in [0.15, 0.2) is 58.1 Å². The van der Waals surface area contributed by atoms with Gasteiger partial charge in [-0.2, -0.15) is 8.78 Å². The van der Waals surface area contributed by atoms with E-state index in [4.69, 9.17) is 0 Å². The Morgan fingerprint density at radius 3 is 2.65 bits per heavy atom. The maximum atomic E-state index is 12.5. The van der Waals surface area contributed by atoms with E-state index in [-0.39, 0.29) is 17.9 Å². The number of halogens is 3. The number of amides is 1. The summed E-state index contributed by atoms with van der Waals surface area (Å²) in [5, 5.41) is 2.97. The number of benzene rings is 2. The Labute approximate surface area is 154 Å². The lowest BCUT2D eigenvalue weighted by Gasteiger charge is -2.09. The molecule has 0 bridgehead atoms. The third-order valence-corrected chi connectivity index (χ3v) is 3.96. The molecule has 6 nitrogen and oxygen atoms in total. The molecule has 0 aliphatic heterocycles. The Kier molecular flexibility index (Phi) is 5.27. The van der Waals surface area contributed by atoms with E-state index in [2.05, 4.69) is 31.0 Å². The van der Waals surface area contributed by atoms with Crippen molar-refractivity contribution in [3.8, 4) is 5.75 Å². The number of anilines is 1. The fourth-order valence-corrected chi connectivity index (χ4v) is 2.68. The van der Waals surface area contributed by atoms with Crippen LogP contribution in [0.2, 0.25) is 0 Å². The van der Waals surface area contributed by atoms with Gasteiger partial charge < -0.3 is 10.1 Å². The molecule has 1 heterocycles. The zero-order valence-corrected chi connectivity index (χ0v) is 14.7. The van der Waals surface area contributed by atoms with Crippen LogP contribution in [-0.4, -0.2) is 22.1 Å². The molecule has 1 N–H and O–H groups in total. The van der Waals surface area contributed by atoms with Gasteiger partial charge in [-0.25, -0.2) is 4.98 Å². The number of alkyl halides is 2. The summed E-state index contributed by atoms with van der Waals surface area (Å²) in [7, 11) is 0. The minimum absolute atomic E-state index is 0.0153. The van der Waals surface area contributed by atoms with Crippen molar-refractivity contribution < 1.29 is 18.3 Å². The number of carbonyl (C=O) groups is 1. The van der Waals surface area contributed by atoms with Crippen molar-refractivity contribution in [1.82, 2.24) is 9.55 Å². The lowest BCUT2D eigenvalue weighted by atomic mass is 10.2. The van der Waals surface area contributed by atoms with Gasteiger partial charge in [0.1, 0.15) is 12.3 Å². The molecule has 0 radical (unpaired) electrons. The number of nitrogens with one attached hydrogen (secondary N) is 1. The van der Waals surface area contributed by atoms with Crippen molar-refractivity contribution >= 4 is 38.4 Å². The molecule has 0 unspecified atom stereocenters. The summed E-state index contributed by atoms with van der Waals surface area (Å²) >= 11 is 3.29. The first kappa shape index (κ1) is 18.0. The highest BCUT2D eigenvalue weighted by Crippen LogP contribution is 2.18. The third kappa shape index (κ3) is 4.23. The average molecular weight is 424 g/mol. The van der Waals surface area contributed by atoms with Gasteiger partial charge in [0.15, 0.2) is 0 Å². The quantitative estimate of drug-likeness (QED) is 0.682. The van der Waals surface area contributed by atoms with E-state index in [9.17, 15) is 18.4 Å². The lowest BCUT2D eigenvalue weighted by Crippen LogP contribution is -2.27. The van der Waals surface area contributed by atoms with E-state index in [0.29, 0.717) is 16.6 Å². The van der Waals surface area contributed by atoms with Gasteiger partial charge in [0, 0.05) is 10.2 Å². The van der Waals surface area contributed by atoms with Crippen molar-refractivity contribution in [3.05, 3.63) is 63.6 Å². The second-order valence-corrected chi connectivity index (χ2v) is 6.21. The second-order valence-electron chi connectivity index (χ2n) is 5.29. The fraction of sp³-hybridized carbons (Fsp3) is 0.118. The maximum Gasteiger partial charge on any atom is 0.387 e. The Morgan fingerprint density at radius 1 is 1.23 bits per heavy atom. The molecule has 1 aromatic heterocycles. The van der Waals surface area contributed by atoms with Gasteiger partial charge in [-0.1, -0.05) is 15.9 Å². The molecule has 26 heavy (non-hydrogen) atoms. The number of rotatable bonds is 5. The van der Waals surface area contributed by atoms with Crippen LogP contribution in [0, 0.1) is 0 Å². The molecular formula is C17H12BrF2N3O3. The molecule has 0 aliphatic carbocycles. The molecule has 0 saturated carbocycles. The second kappa shape index (κ2) is 7.61. The molecule has 1 amide bonds. The number of hydrogen-bond acceptors (Lipinski definition) is 4. The monoisotopic (exact) mass is 423 g/mol. The number of aromatic nitrogens is 2. The summed E-state index contributed by atoms with van der Waals surface area (Å²) in [5.41, 5.74) is 0.581. The zero-order chi connectivity index (χ0) is 18.7. The highest BCUT2D eigenvalue weighted by molar-refractivity contribution is 9.10. The normalized spacial score (nSPS) is 10.9. The van der Waals surface area contributed by atoms with E-state index >= 15 is 0 Å². The molecule has 0 aliphatic rings. The molecule has 0 spiro atoms. The number of ether oxygens (including phenoxy) is 1. The van der Waals surface area contributed by atoms with E-state index in [1.807, 2.05) is 0 Å². The molecule has 3 rings (SSSR count). The van der Waals surface area contributed by atoms with Crippen LogP contribution < -0.4 is 15.6 Å². The minimum atomic E-state index is -2.91. The minimum Gasteiger partial charge on any atom is -0.435 e. The topological polar surface area (TPSA) is 73.2 Å². The van der Waals surface area contributed by atoms with E-state index in [1.165, 1.54) is 35.2 Å². The highest BCUT2D eigenvalue weighted by atomic mass is 79.9. The number of carbonyl (C=O) groups excluding carboxylic acids is 1. The zero-order valence-electron chi connectivity index (χ0n) is 13.2. The first-order valence-corrected chi connectivity index (χ1v) is 8.21. The van der Waals surface area contributed by atoms with Crippen LogP contribution in [0.3, 0.4) is 0 Å². The first-order valence-electron chi connectivity index (χ1n) is 7.42. The average Bonchev–Trinajstić information content (AvgIpc) is 2.59. The standard InChI is InChI=1S/C17H12BrF2N3O3/c18-10-1-6-14-13(7-10)16(25)23(9-21-14)8-15(24)22-11-2-4-12(5-3-11)26-17(19)20/h1-7,9,17H,8H2,(H,22,24). The van der Waals surface area contributed by atoms with Crippen LogP contribution in [-0.2, 0) is 11.3 Å². The number of hydrogen-bond donors (Lipinski definition) is 1. The van der Waals surface area contributed by atoms with E-state index in [1.54, 1.807) is 18.2 Å². The van der Waals surface area contributed by atoms with Gasteiger partial charge in [0.2, 0.25) is 5.91 Å². The van der Waals surface area contributed by atoms with Gasteiger partial charge >= 0.3 is 6.61 Å². The van der Waals surface area contributed by atoms with E-state index < -0.39 is 12.5 Å². The summed E-state index contributed by atoms with van der Waals surface area (Å²) < 4.78 is 30.4. The van der Waals surface area contributed by atoms with Gasteiger partial charge in [-0.15, -0.1) is 0 Å². The van der Waals surface area contributed by atoms with Crippen LogP contribution in [0.4, 0.5) is 14.5 Å². The molecular weight excluding hydrogens is 412 g/mol. The lowest BCUT2D eigenvalue weighted by molar-refractivity contribution is -0.116. The Hall–Kier alpha value is -2.81. The summed E-state index contributed by atoms with van der Waals surface area (Å²) in [6.45, 7) is -3.15. The largest absolute Gasteiger partial charge is 0.435 e. The summed E-state index contributed by atoms with van der Waals surface area (Å²) in [6.07, 6.45) is 1.30. The van der Waals surface area contributed by atoms with Gasteiger partial charge in [-0.3, -0.25) is 14.2 Å². The molecule has 0 saturated heterocycles. The van der Waals surface area contributed by atoms with Gasteiger partial charge in [0.25, 0.3) is 5.56 Å². The molecule has 2 aromatic carbocycles. The van der Waals surface area contributed by atoms with Crippen LogP contribution in [0.25, 0.3) is 10.9 Å². The summed E-state index contributed by atoms with van der Waals surface area (Å²) in [5.74, 6) is -0.468. The Balaban J connectivity index is 1.73. The van der Waals surface area contributed by atoms with E-state index in [0.717, 1.165) is 4.47 Å². The number of nitrogens with zero attached hydrogens (tertiary/aromatic N) is 2. The van der Waals surface area contributed by atoms with Crippen LogP contribution in [0.5, 0.6) is 5.75 Å². The SMILES string of the molecule is O=C(Cn1cnc2ccc(Br)cc2c1=O)Nc1ccc(OC(F)F)cc1. The van der Waals surface area contributed by atoms with Crippen molar-refractivity contribution in [3.63, 3.8) is 0 Å². The molecule has 134 valence electrons. The Bertz CT molecular complexity index is 1010. The summed E-state index contributed by atoms with van der Waals surface area (Å²) in [6, 6.07) is 10.6. The van der Waals surface area contributed by atoms with Crippen LogP contribution in [0.1, 0.15) is 0 Å². The third-order valence-electron chi connectivity index (χ3n) is 3.46. The maximum absolute atomic E-state index is 12.5. The number of fused-ring (bicyclic) bond motifs is 1. The molecule has 3 aromatic rings. The molecule has 0 atom stereocenters. The van der Waals surface area contributed by atoms with Gasteiger partial charge in [0.05, 0.1) is 17.2 Å². The fourth-order valence-electron chi connectivity index (χ4n) is 2.32. The predicted octanol–water partition coefficient (Wildman–Crippen LogP) is 3.40. The van der Waals surface area contributed by atoms with Crippen molar-refractivity contribution in [2.45, 2.75) is 13.2 Å². The predicted molar refractivity (Wildman–Crippen MR) is 95.4 cm³/mol. The highest BCUT2D eigenvalue weighted by Gasteiger charge is 2.10. The van der Waals surface area contributed by atoms with Crippen molar-refractivity contribution in [2.75, 3.05) is 5.32 Å². The van der Waals surface area contributed by atoms with Crippen LogP contribution >= 0.6 is 15.9 Å². The van der Waals surface area contributed by atoms with Crippen molar-refractivity contribution in [1.29, 1.82) is 0 Å². The molecule has 9 heteroatoms. The Morgan fingerprint density at radius 2 is 1.96 bits per heavy atom. The first-order chi connectivity index (χ1) is 12.4.